The Hall–Kier alpha value is -1.35. The maximum absolute atomic E-state index is 10.6. The molecule has 1 aliphatic heterocycles. The van der Waals surface area contributed by atoms with Gasteiger partial charge in [0.05, 0.1) is 0 Å². The topological polar surface area (TPSA) is 40.5 Å². The van der Waals surface area contributed by atoms with Crippen molar-refractivity contribution in [1.82, 2.24) is 4.90 Å². The van der Waals surface area contributed by atoms with Crippen molar-refractivity contribution in [3.8, 4) is 0 Å². The lowest BCUT2D eigenvalue weighted by atomic mass is 9.94. The normalized spacial score (nSPS) is 19.9. The van der Waals surface area contributed by atoms with Crippen LogP contribution in [0.5, 0.6) is 0 Å². The van der Waals surface area contributed by atoms with E-state index in [0.29, 0.717) is 12.5 Å². The Balaban J connectivity index is 1.91. The minimum Gasteiger partial charge on any atom is -0.481 e. The fourth-order valence-corrected chi connectivity index (χ4v) is 3.02. The van der Waals surface area contributed by atoms with E-state index in [0.717, 1.165) is 25.9 Å². The third-order valence-electron chi connectivity index (χ3n) is 4.16. The zero-order valence-electron chi connectivity index (χ0n) is 12.3. The highest BCUT2D eigenvalue weighted by Gasteiger charge is 2.23. The van der Waals surface area contributed by atoms with Crippen molar-refractivity contribution in [1.29, 1.82) is 0 Å². The number of carboxylic acids is 1. The zero-order chi connectivity index (χ0) is 14.4. The maximum Gasteiger partial charge on any atom is 0.303 e. The number of carbonyl (C=O) groups is 1. The summed E-state index contributed by atoms with van der Waals surface area (Å²) in [4.78, 5) is 13.1. The molecule has 0 aliphatic carbocycles. The Morgan fingerprint density at radius 3 is 2.70 bits per heavy atom. The van der Waals surface area contributed by atoms with Gasteiger partial charge in [-0.2, -0.15) is 0 Å². The Morgan fingerprint density at radius 2 is 2.00 bits per heavy atom. The number of hydrogen-bond donors (Lipinski definition) is 1. The van der Waals surface area contributed by atoms with E-state index in [4.69, 9.17) is 5.11 Å². The van der Waals surface area contributed by atoms with Gasteiger partial charge in [-0.3, -0.25) is 9.69 Å². The van der Waals surface area contributed by atoms with Crippen LogP contribution in [0.4, 0.5) is 0 Å². The first-order valence-corrected chi connectivity index (χ1v) is 7.69. The molecule has 0 radical (unpaired) electrons. The summed E-state index contributed by atoms with van der Waals surface area (Å²) >= 11 is 0. The standard InChI is InChI=1S/C17H25NO2/c1-14-8-10-15(11-9-14)16-6-2-4-12-18(16)13-5-3-7-17(19)20/h8-11,16H,2-7,12-13H2,1H3,(H,19,20). The largest absolute Gasteiger partial charge is 0.481 e. The predicted molar refractivity (Wildman–Crippen MR) is 80.8 cm³/mol. The van der Waals surface area contributed by atoms with Crippen LogP contribution < -0.4 is 0 Å². The van der Waals surface area contributed by atoms with Gasteiger partial charge in [0.15, 0.2) is 0 Å². The van der Waals surface area contributed by atoms with E-state index in [2.05, 4.69) is 36.1 Å². The van der Waals surface area contributed by atoms with Crippen LogP contribution in [0.1, 0.15) is 55.7 Å². The number of piperidine rings is 1. The van der Waals surface area contributed by atoms with Crippen molar-refractivity contribution in [2.24, 2.45) is 0 Å². The number of hydrogen-bond acceptors (Lipinski definition) is 2. The molecule has 2 rings (SSSR count). The fourth-order valence-electron chi connectivity index (χ4n) is 3.02. The molecule has 1 fully saturated rings. The number of aryl methyl sites for hydroxylation is 1. The molecule has 1 aromatic carbocycles. The van der Waals surface area contributed by atoms with Crippen LogP contribution in [0, 0.1) is 6.92 Å². The number of unbranched alkanes of at least 4 members (excludes halogenated alkanes) is 1. The molecule has 1 aromatic rings. The van der Waals surface area contributed by atoms with Gasteiger partial charge in [-0.1, -0.05) is 36.2 Å². The first-order chi connectivity index (χ1) is 9.66. The van der Waals surface area contributed by atoms with E-state index in [9.17, 15) is 4.79 Å². The molecule has 1 unspecified atom stereocenters. The lowest BCUT2D eigenvalue weighted by molar-refractivity contribution is -0.137. The molecule has 0 amide bonds. The van der Waals surface area contributed by atoms with Gasteiger partial charge < -0.3 is 5.11 Å². The summed E-state index contributed by atoms with van der Waals surface area (Å²) in [5, 5.41) is 8.69. The van der Waals surface area contributed by atoms with Gasteiger partial charge >= 0.3 is 5.97 Å². The van der Waals surface area contributed by atoms with Crippen molar-refractivity contribution >= 4 is 5.97 Å². The van der Waals surface area contributed by atoms with Crippen LogP contribution in [0.25, 0.3) is 0 Å². The van der Waals surface area contributed by atoms with Gasteiger partial charge in [0, 0.05) is 12.5 Å². The smallest absolute Gasteiger partial charge is 0.303 e. The number of carboxylic acid groups (broad SMARTS) is 1. The molecule has 1 aliphatic rings. The van der Waals surface area contributed by atoms with Gasteiger partial charge in [0.2, 0.25) is 0 Å². The molecule has 1 N–H and O–H groups in total. The van der Waals surface area contributed by atoms with Crippen LogP contribution in [-0.4, -0.2) is 29.1 Å². The average molecular weight is 275 g/mol. The minimum atomic E-state index is -0.682. The highest BCUT2D eigenvalue weighted by atomic mass is 16.4. The molecule has 0 saturated carbocycles. The Bertz CT molecular complexity index is 427. The lowest BCUT2D eigenvalue weighted by Gasteiger charge is -2.36. The van der Waals surface area contributed by atoms with Crippen LogP contribution in [0.2, 0.25) is 0 Å². The van der Waals surface area contributed by atoms with Gasteiger partial charge in [0.1, 0.15) is 0 Å². The van der Waals surface area contributed by atoms with Crippen molar-refractivity contribution in [2.45, 2.75) is 51.5 Å². The van der Waals surface area contributed by atoms with E-state index in [1.54, 1.807) is 0 Å². The molecule has 1 heterocycles. The summed E-state index contributed by atoms with van der Waals surface area (Å²) in [6, 6.07) is 9.39. The first-order valence-electron chi connectivity index (χ1n) is 7.69. The van der Waals surface area contributed by atoms with Crippen LogP contribution in [-0.2, 0) is 4.79 Å². The molecular formula is C17H25NO2. The lowest BCUT2D eigenvalue weighted by Crippen LogP contribution is -2.34. The second kappa shape index (κ2) is 7.44. The molecule has 0 bridgehead atoms. The predicted octanol–water partition coefficient (Wildman–Crippen LogP) is 3.78. The molecule has 110 valence electrons. The third-order valence-corrected chi connectivity index (χ3v) is 4.16. The number of rotatable bonds is 6. The second-order valence-corrected chi connectivity index (χ2v) is 5.81. The number of likely N-dealkylation sites (tertiary alicyclic amines) is 1. The molecule has 0 aromatic heterocycles. The minimum absolute atomic E-state index is 0.295. The summed E-state index contributed by atoms with van der Waals surface area (Å²) in [5.41, 5.74) is 2.71. The second-order valence-electron chi connectivity index (χ2n) is 5.81. The molecule has 0 spiro atoms. The average Bonchev–Trinajstić information content (AvgIpc) is 2.45. The van der Waals surface area contributed by atoms with E-state index in [-0.39, 0.29) is 0 Å². The van der Waals surface area contributed by atoms with Crippen molar-refractivity contribution < 1.29 is 9.90 Å². The van der Waals surface area contributed by atoms with Gasteiger partial charge in [-0.25, -0.2) is 0 Å². The summed E-state index contributed by atoms with van der Waals surface area (Å²) in [7, 11) is 0. The van der Waals surface area contributed by atoms with E-state index < -0.39 is 5.97 Å². The van der Waals surface area contributed by atoms with Crippen LogP contribution in [0.15, 0.2) is 24.3 Å². The van der Waals surface area contributed by atoms with Crippen LogP contribution in [0.3, 0.4) is 0 Å². The molecule has 1 atom stereocenters. The van der Waals surface area contributed by atoms with Crippen molar-refractivity contribution in [3.05, 3.63) is 35.4 Å². The van der Waals surface area contributed by atoms with E-state index in [1.165, 1.54) is 30.4 Å². The fraction of sp³-hybridized carbons (Fsp3) is 0.588. The summed E-state index contributed by atoms with van der Waals surface area (Å²) in [6.07, 6.45) is 5.84. The quantitative estimate of drug-likeness (QED) is 0.803. The van der Waals surface area contributed by atoms with Crippen molar-refractivity contribution in [3.63, 3.8) is 0 Å². The highest BCUT2D eigenvalue weighted by molar-refractivity contribution is 5.66. The summed E-state index contributed by atoms with van der Waals surface area (Å²) < 4.78 is 0. The SMILES string of the molecule is Cc1ccc(C2CCCCN2CCCCC(=O)O)cc1. The van der Waals surface area contributed by atoms with Gasteiger partial charge in [-0.05, 0) is 51.3 Å². The number of nitrogens with zero attached hydrogens (tertiary/aromatic N) is 1. The first kappa shape index (κ1) is 15.0. The maximum atomic E-state index is 10.6. The van der Waals surface area contributed by atoms with E-state index in [1.807, 2.05) is 0 Å². The summed E-state index contributed by atoms with van der Waals surface area (Å²) in [6.45, 7) is 4.28. The Labute approximate surface area is 121 Å². The molecule has 20 heavy (non-hydrogen) atoms. The molecule has 1 saturated heterocycles. The van der Waals surface area contributed by atoms with E-state index >= 15 is 0 Å². The number of aliphatic carboxylic acids is 1. The summed E-state index contributed by atoms with van der Waals surface area (Å²) in [5.74, 6) is -0.682. The molecule has 3 heteroatoms. The molecular weight excluding hydrogens is 250 g/mol. The Kier molecular flexibility index (Phi) is 5.60. The number of benzene rings is 1. The zero-order valence-corrected chi connectivity index (χ0v) is 12.3. The third kappa shape index (κ3) is 4.34. The van der Waals surface area contributed by atoms with Gasteiger partial charge in [0.25, 0.3) is 0 Å². The van der Waals surface area contributed by atoms with Crippen molar-refractivity contribution in [2.75, 3.05) is 13.1 Å². The highest BCUT2D eigenvalue weighted by Crippen LogP contribution is 2.31. The molecule has 3 nitrogen and oxygen atoms in total. The Morgan fingerprint density at radius 1 is 1.25 bits per heavy atom. The monoisotopic (exact) mass is 275 g/mol. The van der Waals surface area contributed by atoms with Crippen LogP contribution >= 0.6 is 0 Å². The van der Waals surface area contributed by atoms with Gasteiger partial charge in [-0.15, -0.1) is 0 Å².